The van der Waals surface area contributed by atoms with E-state index in [-0.39, 0.29) is 17.8 Å². The maximum Gasteiger partial charge on any atom is 0.342 e. The largest absolute Gasteiger partial charge is 0.456 e. The Morgan fingerprint density at radius 1 is 1.42 bits per heavy atom. The van der Waals surface area contributed by atoms with Crippen LogP contribution in [0.1, 0.15) is 27.2 Å². The summed E-state index contributed by atoms with van der Waals surface area (Å²) in [5, 5.41) is 0. The van der Waals surface area contributed by atoms with E-state index >= 15 is 0 Å². The lowest BCUT2D eigenvalue weighted by Crippen LogP contribution is -2.27. The average Bonchev–Trinajstić information content (AvgIpc) is 2.61. The van der Waals surface area contributed by atoms with Crippen LogP contribution >= 0.6 is 0 Å². The number of fused-ring (bicyclic) bond motifs is 1. The van der Waals surface area contributed by atoms with E-state index in [1.165, 1.54) is 7.11 Å². The van der Waals surface area contributed by atoms with Crippen molar-refractivity contribution in [3.8, 4) is 0 Å². The summed E-state index contributed by atoms with van der Waals surface area (Å²) in [7, 11) is 1.52. The van der Waals surface area contributed by atoms with Gasteiger partial charge in [0, 0.05) is 13.5 Å². The van der Waals surface area contributed by atoms with Gasteiger partial charge < -0.3 is 14.2 Å². The first-order chi connectivity index (χ1) is 8.81. The van der Waals surface area contributed by atoms with Crippen LogP contribution in [0.25, 0.3) is 0 Å². The van der Waals surface area contributed by atoms with E-state index in [2.05, 4.69) is 0 Å². The molecule has 1 heterocycles. The third-order valence-corrected chi connectivity index (χ3v) is 2.85. The van der Waals surface area contributed by atoms with Gasteiger partial charge >= 0.3 is 5.97 Å². The van der Waals surface area contributed by atoms with E-state index in [4.69, 9.17) is 14.2 Å². The van der Waals surface area contributed by atoms with Gasteiger partial charge in [-0.15, -0.1) is 0 Å². The van der Waals surface area contributed by atoms with E-state index in [0.717, 1.165) is 0 Å². The Balaban J connectivity index is 2.27. The predicted octanol–water partition coefficient (Wildman–Crippen LogP) is 1.53. The van der Waals surface area contributed by atoms with E-state index < -0.39 is 24.0 Å². The molecule has 0 unspecified atom stereocenters. The number of methoxy groups -OCH3 is 1. The van der Waals surface area contributed by atoms with Crippen LogP contribution in [0.2, 0.25) is 0 Å². The van der Waals surface area contributed by atoms with E-state index in [0.29, 0.717) is 5.57 Å². The van der Waals surface area contributed by atoms with Crippen molar-refractivity contribution in [1.29, 1.82) is 0 Å². The molecule has 0 fully saturated rings. The second kappa shape index (κ2) is 4.90. The van der Waals surface area contributed by atoms with Crippen LogP contribution in [0.5, 0.6) is 0 Å². The molecule has 0 spiro atoms. The fourth-order valence-electron chi connectivity index (χ4n) is 2.10. The Morgan fingerprint density at radius 2 is 2.11 bits per heavy atom. The number of esters is 1. The highest BCUT2D eigenvalue weighted by atomic mass is 16.7. The lowest BCUT2D eigenvalue weighted by Gasteiger charge is -2.24. The lowest BCUT2D eigenvalue weighted by molar-refractivity contribution is -0.150. The molecule has 1 aliphatic carbocycles. The zero-order valence-electron chi connectivity index (χ0n) is 11.6. The van der Waals surface area contributed by atoms with Crippen molar-refractivity contribution < 1.29 is 23.8 Å². The number of carbonyl (C=O) groups is 2. The molecular formula is C14H18O5. The minimum Gasteiger partial charge on any atom is -0.456 e. The van der Waals surface area contributed by atoms with Crippen molar-refractivity contribution in [3.05, 3.63) is 23.3 Å². The monoisotopic (exact) mass is 266 g/mol. The van der Waals surface area contributed by atoms with Gasteiger partial charge in [-0.3, -0.25) is 4.79 Å². The molecule has 0 bridgehead atoms. The molecule has 2 rings (SSSR count). The Hall–Kier alpha value is -1.46. The van der Waals surface area contributed by atoms with Gasteiger partial charge in [0.15, 0.2) is 12.1 Å². The van der Waals surface area contributed by atoms with Gasteiger partial charge in [-0.2, -0.15) is 0 Å². The van der Waals surface area contributed by atoms with Gasteiger partial charge in [0.2, 0.25) is 0 Å². The van der Waals surface area contributed by atoms with Gasteiger partial charge in [0.05, 0.1) is 6.10 Å². The highest BCUT2D eigenvalue weighted by molar-refractivity contribution is 6.20. The van der Waals surface area contributed by atoms with Crippen LogP contribution in [0.3, 0.4) is 0 Å². The molecule has 2 atom stereocenters. The molecule has 0 aromatic carbocycles. The Bertz CT molecular complexity index is 467. The maximum atomic E-state index is 12.1. The molecule has 0 saturated carbocycles. The third kappa shape index (κ3) is 2.93. The zero-order valence-corrected chi connectivity index (χ0v) is 11.6. The van der Waals surface area contributed by atoms with Gasteiger partial charge in [-0.05, 0) is 32.4 Å². The van der Waals surface area contributed by atoms with Gasteiger partial charge in [0.1, 0.15) is 11.2 Å². The molecule has 0 N–H and O–H groups in total. The number of carbonyl (C=O) groups excluding carboxylic acids is 2. The molecule has 2 aliphatic rings. The molecule has 0 amide bonds. The topological polar surface area (TPSA) is 61.8 Å². The first kappa shape index (κ1) is 14.0. The number of hydrogen-bond donors (Lipinski definition) is 0. The summed E-state index contributed by atoms with van der Waals surface area (Å²) in [5.41, 5.74) is 0.0652. The van der Waals surface area contributed by atoms with Gasteiger partial charge in [-0.25, -0.2) is 4.79 Å². The van der Waals surface area contributed by atoms with Crippen LogP contribution in [-0.2, 0) is 23.8 Å². The molecule has 0 aromatic heterocycles. The molecule has 104 valence electrons. The van der Waals surface area contributed by atoms with Crippen LogP contribution in [0.4, 0.5) is 0 Å². The summed E-state index contributed by atoms with van der Waals surface area (Å²) in [6, 6.07) is 0. The Kier molecular flexibility index (Phi) is 3.60. The smallest absolute Gasteiger partial charge is 0.342 e. The summed E-state index contributed by atoms with van der Waals surface area (Å²) in [6.07, 6.45) is 2.67. The van der Waals surface area contributed by atoms with E-state index in [9.17, 15) is 9.59 Å². The molecule has 0 saturated heterocycles. The Morgan fingerprint density at radius 3 is 2.68 bits per heavy atom. The fourth-order valence-corrected chi connectivity index (χ4v) is 2.10. The van der Waals surface area contributed by atoms with Crippen LogP contribution in [-0.4, -0.2) is 36.9 Å². The number of rotatable bonds is 2. The minimum atomic E-state index is -0.628. The highest BCUT2D eigenvalue weighted by Crippen LogP contribution is 2.33. The standard InChI is InChI=1S/C14H18O5/c1-14(2,3)19-13(16)12-8-5-6-11(17-4)18-10(8)7-9(12)15/h5-6,10-11H,7H2,1-4H3/t10-,11-/m0/s1. The Labute approximate surface area is 112 Å². The number of hydrogen-bond acceptors (Lipinski definition) is 5. The van der Waals surface area contributed by atoms with Crippen LogP contribution in [0.15, 0.2) is 23.3 Å². The normalized spacial score (nSPS) is 26.6. The van der Waals surface area contributed by atoms with Crippen molar-refractivity contribution in [1.82, 2.24) is 0 Å². The van der Waals surface area contributed by atoms with Gasteiger partial charge in [0.25, 0.3) is 0 Å². The second-order valence-corrected chi connectivity index (χ2v) is 5.55. The minimum absolute atomic E-state index is 0.103. The molecule has 5 nitrogen and oxygen atoms in total. The molecule has 1 aliphatic heterocycles. The van der Waals surface area contributed by atoms with Crippen LogP contribution in [0, 0.1) is 0 Å². The summed E-state index contributed by atoms with van der Waals surface area (Å²) in [4.78, 5) is 24.0. The quantitative estimate of drug-likeness (QED) is 0.560. The second-order valence-electron chi connectivity index (χ2n) is 5.55. The molecular weight excluding hydrogens is 248 g/mol. The molecule has 0 aromatic rings. The van der Waals surface area contributed by atoms with E-state index in [1.807, 2.05) is 0 Å². The van der Waals surface area contributed by atoms with Crippen molar-refractivity contribution in [2.75, 3.05) is 7.11 Å². The van der Waals surface area contributed by atoms with Crippen molar-refractivity contribution in [2.45, 2.75) is 45.2 Å². The first-order valence-electron chi connectivity index (χ1n) is 6.19. The summed E-state index contributed by atoms with van der Waals surface area (Å²) in [6.45, 7) is 5.30. The summed E-state index contributed by atoms with van der Waals surface area (Å²) < 4.78 is 15.9. The SMILES string of the molecule is CO[C@@H]1C=CC2=C(C(=O)OC(C)(C)C)C(=O)C[C@@H]2O1. The number of ketones is 1. The molecule has 0 radical (unpaired) electrons. The molecule has 5 heteroatoms. The summed E-state index contributed by atoms with van der Waals surface area (Å²) >= 11 is 0. The third-order valence-electron chi connectivity index (χ3n) is 2.85. The van der Waals surface area contributed by atoms with Gasteiger partial charge in [-0.1, -0.05) is 6.08 Å². The first-order valence-corrected chi connectivity index (χ1v) is 6.19. The number of ether oxygens (including phenoxy) is 3. The fraction of sp³-hybridized carbons (Fsp3) is 0.571. The molecule has 19 heavy (non-hydrogen) atoms. The summed E-state index contributed by atoms with van der Waals surface area (Å²) in [5.74, 6) is -0.824. The van der Waals surface area contributed by atoms with Crippen LogP contribution < -0.4 is 0 Å². The van der Waals surface area contributed by atoms with Crippen molar-refractivity contribution in [2.24, 2.45) is 0 Å². The average molecular weight is 266 g/mol. The predicted molar refractivity (Wildman–Crippen MR) is 67.3 cm³/mol. The number of Topliss-reactive ketones (excluding diaryl/α,β-unsaturated/α-hetero) is 1. The van der Waals surface area contributed by atoms with Crippen molar-refractivity contribution >= 4 is 11.8 Å². The van der Waals surface area contributed by atoms with Crippen molar-refractivity contribution in [3.63, 3.8) is 0 Å². The zero-order chi connectivity index (χ0) is 14.2. The van der Waals surface area contributed by atoms with E-state index in [1.54, 1.807) is 32.9 Å². The maximum absolute atomic E-state index is 12.1. The lowest BCUT2D eigenvalue weighted by atomic mass is 10.1. The highest BCUT2D eigenvalue weighted by Gasteiger charge is 2.40.